The Bertz CT molecular complexity index is 1240. The number of nitrogens with zero attached hydrogens (tertiary/aromatic N) is 3. The SMILES string of the molecule is Cc1ccc2sc3ccc(-c4ncnc(-c5ccccc5)n4)cc3c2c1. The van der Waals surface area contributed by atoms with Crippen molar-refractivity contribution in [2.45, 2.75) is 6.92 Å². The van der Waals surface area contributed by atoms with E-state index in [1.165, 1.54) is 25.7 Å². The molecule has 0 N–H and O–H groups in total. The summed E-state index contributed by atoms with van der Waals surface area (Å²) in [6, 6.07) is 23.1. The molecular weight excluding hydrogens is 338 g/mol. The van der Waals surface area contributed by atoms with Crippen molar-refractivity contribution in [3.63, 3.8) is 0 Å². The van der Waals surface area contributed by atoms with Crippen molar-refractivity contribution in [3.05, 3.63) is 78.6 Å². The van der Waals surface area contributed by atoms with E-state index in [9.17, 15) is 0 Å². The summed E-state index contributed by atoms with van der Waals surface area (Å²) in [7, 11) is 0. The van der Waals surface area contributed by atoms with Crippen molar-refractivity contribution in [1.82, 2.24) is 15.0 Å². The number of fused-ring (bicyclic) bond motifs is 3. The molecule has 2 heterocycles. The summed E-state index contributed by atoms with van der Waals surface area (Å²) in [5, 5.41) is 2.55. The zero-order chi connectivity index (χ0) is 17.5. The van der Waals surface area contributed by atoms with E-state index in [4.69, 9.17) is 0 Å². The van der Waals surface area contributed by atoms with Crippen LogP contribution in [0.5, 0.6) is 0 Å². The Kier molecular flexibility index (Phi) is 3.50. The van der Waals surface area contributed by atoms with Gasteiger partial charge in [-0.2, -0.15) is 0 Å². The fourth-order valence-corrected chi connectivity index (χ4v) is 4.26. The molecule has 5 aromatic rings. The molecule has 3 aromatic carbocycles. The van der Waals surface area contributed by atoms with Crippen LogP contribution in [0, 0.1) is 6.92 Å². The minimum absolute atomic E-state index is 0.696. The van der Waals surface area contributed by atoms with Gasteiger partial charge in [-0.15, -0.1) is 11.3 Å². The highest BCUT2D eigenvalue weighted by Gasteiger charge is 2.10. The van der Waals surface area contributed by atoms with Crippen molar-refractivity contribution in [3.8, 4) is 22.8 Å². The number of thiophene rings is 1. The highest BCUT2D eigenvalue weighted by atomic mass is 32.1. The summed E-state index contributed by atoms with van der Waals surface area (Å²) >= 11 is 1.82. The van der Waals surface area contributed by atoms with E-state index in [2.05, 4.69) is 58.3 Å². The first kappa shape index (κ1) is 15.2. The Morgan fingerprint density at radius 2 is 1.38 bits per heavy atom. The smallest absolute Gasteiger partial charge is 0.163 e. The van der Waals surface area contributed by atoms with Crippen molar-refractivity contribution >= 4 is 31.5 Å². The number of rotatable bonds is 2. The highest BCUT2D eigenvalue weighted by Crippen LogP contribution is 2.36. The van der Waals surface area contributed by atoms with Gasteiger partial charge in [0.15, 0.2) is 11.6 Å². The van der Waals surface area contributed by atoms with Crippen molar-refractivity contribution in [2.24, 2.45) is 0 Å². The molecule has 0 atom stereocenters. The van der Waals surface area contributed by atoms with Crippen molar-refractivity contribution in [2.75, 3.05) is 0 Å². The summed E-state index contributed by atoms with van der Waals surface area (Å²) in [4.78, 5) is 13.4. The Balaban J connectivity index is 1.67. The van der Waals surface area contributed by atoms with Crippen LogP contribution in [0.4, 0.5) is 0 Å². The molecule has 0 bridgehead atoms. The molecule has 0 spiro atoms. The molecule has 0 saturated heterocycles. The lowest BCUT2D eigenvalue weighted by Gasteiger charge is -2.04. The normalized spacial score (nSPS) is 11.3. The predicted octanol–water partition coefficient (Wildman–Crippen LogP) is 5.88. The molecule has 0 aliphatic carbocycles. The standard InChI is InChI=1S/C22H15N3S/c1-14-7-9-19-17(11-14)18-12-16(8-10-20(18)26-19)22-24-13-23-21(25-22)15-5-3-2-4-6-15/h2-13H,1H3. The largest absolute Gasteiger partial charge is 0.217 e. The molecule has 0 aliphatic heterocycles. The third kappa shape index (κ3) is 2.55. The van der Waals surface area contributed by atoms with Gasteiger partial charge in [0.1, 0.15) is 6.33 Å². The van der Waals surface area contributed by atoms with Crippen LogP contribution < -0.4 is 0 Å². The molecule has 0 aliphatic rings. The quantitative estimate of drug-likeness (QED) is 0.398. The molecule has 3 nitrogen and oxygen atoms in total. The minimum Gasteiger partial charge on any atom is -0.217 e. The summed E-state index contributed by atoms with van der Waals surface area (Å²) in [6.45, 7) is 2.13. The lowest BCUT2D eigenvalue weighted by atomic mass is 10.1. The van der Waals surface area contributed by atoms with Gasteiger partial charge < -0.3 is 0 Å². The maximum Gasteiger partial charge on any atom is 0.163 e. The number of benzene rings is 3. The first-order chi connectivity index (χ1) is 12.8. The maximum absolute atomic E-state index is 4.68. The van der Waals surface area contributed by atoms with E-state index in [-0.39, 0.29) is 0 Å². The Morgan fingerprint density at radius 3 is 2.19 bits per heavy atom. The van der Waals surface area contributed by atoms with Crippen LogP contribution in [0.25, 0.3) is 42.9 Å². The van der Waals surface area contributed by atoms with E-state index in [0.717, 1.165) is 11.1 Å². The molecule has 0 radical (unpaired) electrons. The topological polar surface area (TPSA) is 38.7 Å². The Morgan fingerprint density at radius 1 is 0.692 bits per heavy atom. The monoisotopic (exact) mass is 353 g/mol. The third-order valence-corrected chi connectivity index (χ3v) is 5.64. The van der Waals surface area contributed by atoms with Crippen LogP contribution in [0.2, 0.25) is 0 Å². The van der Waals surface area contributed by atoms with Crippen LogP contribution in [-0.2, 0) is 0 Å². The van der Waals surface area contributed by atoms with E-state index < -0.39 is 0 Å². The van der Waals surface area contributed by atoms with Crippen LogP contribution in [-0.4, -0.2) is 15.0 Å². The van der Waals surface area contributed by atoms with Crippen LogP contribution in [0.15, 0.2) is 73.1 Å². The average molecular weight is 353 g/mol. The molecule has 0 saturated carbocycles. The van der Waals surface area contributed by atoms with Gasteiger partial charge in [-0.05, 0) is 37.3 Å². The number of hydrogen-bond acceptors (Lipinski definition) is 4. The molecule has 0 fully saturated rings. The van der Waals surface area contributed by atoms with Gasteiger partial charge in [0.05, 0.1) is 0 Å². The summed E-state index contributed by atoms with van der Waals surface area (Å²) < 4.78 is 2.59. The second-order valence-corrected chi connectivity index (χ2v) is 7.40. The molecular formula is C22H15N3S. The van der Waals surface area contributed by atoms with Gasteiger partial charge >= 0.3 is 0 Å². The van der Waals surface area contributed by atoms with Gasteiger partial charge in [-0.1, -0.05) is 42.0 Å². The third-order valence-electron chi connectivity index (χ3n) is 4.49. The minimum atomic E-state index is 0.696. The van der Waals surface area contributed by atoms with Gasteiger partial charge in [0.2, 0.25) is 0 Å². The highest BCUT2D eigenvalue weighted by molar-refractivity contribution is 7.25. The fraction of sp³-hybridized carbons (Fsp3) is 0.0455. The molecule has 124 valence electrons. The second kappa shape index (κ2) is 6.00. The summed E-state index contributed by atoms with van der Waals surface area (Å²) in [6.07, 6.45) is 1.59. The molecule has 26 heavy (non-hydrogen) atoms. The number of hydrogen-bond donors (Lipinski definition) is 0. The Hall–Kier alpha value is -3.11. The molecule has 5 rings (SSSR count). The average Bonchev–Trinajstić information content (AvgIpc) is 3.06. The van der Waals surface area contributed by atoms with Gasteiger partial charge in [-0.3, -0.25) is 0 Å². The van der Waals surface area contributed by atoms with Gasteiger partial charge in [0, 0.05) is 31.3 Å². The molecule has 2 aromatic heterocycles. The fourth-order valence-electron chi connectivity index (χ4n) is 3.19. The van der Waals surface area contributed by atoms with Crippen LogP contribution in [0.3, 0.4) is 0 Å². The van der Waals surface area contributed by atoms with Crippen LogP contribution >= 0.6 is 11.3 Å². The molecule has 0 unspecified atom stereocenters. The van der Waals surface area contributed by atoms with E-state index >= 15 is 0 Å². The van der Waals surface area contributed by atoms with Crippen molar-refractivity contribution in [1.29, 1.82) is 0 Å². The van der Waals surface area contributed by atoms with Gasteiger partial charge in [0.25, 0.3) is 0 Å². The summed E-state index contributed by atoms with van der Waals surface area (Å²) in [5.74, 6) is 1.40. The second-order valence-electron chi connectivity index (χ2n) is 6.31. The number of aromatic nitrogens is 3. The van der Waals surface area contributed by atoms with E-state index in [1.807, 2.05) is 41.7 Å². The lowest BCUT2D eigenvalue weighted by molar-refractivity contribution is 1.07. The zero-order valence-corrected chi connectivity index (χ0v) is 15.0. The van der Waals surface area contributed by atoms with Crippen LogP contribution in [0.1, 0.15) is 5.56 Å². The molecule has 4 heteroatoms. The van der Waals surface area contributed by atoms with E-state index in [1.54, 1.807) is 6.33 Å². The van der Waals surface area contributed by atoms with E-state index in [0.29, 0.717) is 11.6 Å². The first-order valence-electron chi connectivity index (χ1n) is 8.46. The summed E-state index contributed by atoms with van der Waals surface area (Å²) in [5.41, 5.74) is 3.28. The maximum atomic E-state index is 4.68. The van der Waals surface area contributed by atoms with Crippen molar-refractivity contribution < 1.29 is 0 Å². The number of aryl methyl sites for hydroxylation is 1. The predicted molar refractivity (Wildman–Crippen MR) is 108 cm³/mol. The first-order valence-corrected chi connectivity index (χ1v) is 9.27. The zero-order valence-electron chi connectivity index (χ0n) is 14.2. The molecule has 0 amide bonds. The lowest BCUT2D eigenvalue weighted by Crippen LogP contribution is -1.94. The Labute approximate surface area is 155 Å². The van der Waals surface area contributed by atoms with Gasteiger partial charge in [-0.25, -0.2) is 15.0 Å².